The molecule has 4 aliphatic rings. The smallest absolute Gasteiger partial charge is 0.174 e. The lowest BCUT2D eigenvalue weighted by Crippen LogP contribution is -3.00. The van der Waals surface area contributed by atoms with Gasteiger partial charge in [0.25, 0.3) is 0 Å². The zero-order chi connectivity index (χ0) is 22.1. The van der Waals surface area contributed by atoms with Gasteiger partial charge in [-0.2, -0.15) is 0 Å². The Morgan fingerprint density at radius 2 is 1.94 bits per heavy atom. The Labute approximate surface area is 212 Å². The number of halogens is 1. The molecule has 2 aliphatic heterocycles. The van der Waals surface area contributed by atoms with E-state index in [9.17, 15) is 9.90 Å². The van der Waals surface area contributed by atoms with Crippen molar-refractivity contribution in [3.05, 3.63) is 59.2 Å². The molecular weight excluding hydrogens is 529 g/mol. The Morgan fingerprint density at radius 3 is 2.73 bits per heavy atom. The molecule has 6 rings (SSSR count). The minimum atomic E-state index is -0.546. The SMILES string of the molecule is C[N+]1(C)CC[C@]23c4c5ccc(O)c4O[C@H]2C(=O)CC[C@@]3(OCCCc2ccccc2)[C@H]1C5.[I-]. The molecule has 1 saturated carbocycles. The summed E-state index contributed by atoms with van der Waals surface area (Å²) in [5.41, 5.74) is 2.67. The Bertz CT molecular complexity index is 1090. The molecule has 1 saturated heterocycles. The molecule has 2 aromatic rings. The number of likely N-dealkylation sites (tertiary alicyclic amines) is 1. The maximum absolute atomic E-state index is 13.2. The predicted molar refractivity (Wildman–Crippen MR) is 121 cm³/mol. The quantitative estimate of drug-likeness (QED) is 0.330. The molecule has 6 heteroatoms. The molecule has 0 amide bonds. The minimum Gasteiger partial charge on any atom is -1.00 e. The first kappa shape index (κ1) is 23.1. The van der Waals surface area contributed by atoms with Crippen molar-refractivity contribution >= 4 is 5.78 Å². The predicted octanol–water partition coefficient (Wildman–Crippen LogP) is 0.551. The third-order valence-electron chi connectivity index (χ3n) is 8.83. The van der Waals surface area contributed by atoms with Crippen molar-refractivity contribution in [2.75, 3.05) is 27.2 Å². The van der Waals surface area contributed by atoms with E-state index in [1.165, 1.54) is 11.1 Å². The van der Waals surface area contributed by atoms with Crippen molar-refractivity contribution in [1.29, 1.82) is 0 Å². The van der Waals surface area contributed by atoms with E-state index in [0.29, 0.717) is 18.8 Å². The number of quaternary nitrogens is 1. The Balaban J connectivity index is 0.00000228. The fourth-order valence-corrected chi connectivity index (χ4v) is 7.39. The number of hydrogen-bond acceptors (Lipinski definition) is 4. The molecule has 0 unspecified atom stereocenters. The van der Waals surface area contributed by atoms with Crippen LogP contribution in [-0.2, 0) is 27.8 Å². The van der Waals surface area contributed by atoms with Gasteiger partial charge in [0.05, 0.1) is 26.1 Å². The van der Waals surface area contributed by atoms with Gasteiger partial charge < -0.3 is 43.0 Å². The molecule has 2 aromatic carbocycles. The number of benzene rings is 2. The number of rotatable bonds is 5. The van der Waals surface area contributed by atoms with E-state index in [1.807, 2.05) is 12.1 Å². The summed E-state index contributed by atoms with van der Waals surface area (Å²) in [6.45, 7) is 1.64. The van der Waals surface area contributed by atoms with E-state index in [-0.39, 0.29) is 41.6 Å². The van der Waals surface area contributed by atoms with Gasteiger partial charge >= 0.3 is 0 Å². The van der Waals surface area contributed by atoms with Gasteiger partial charge in [-0.05, 0) is 36.5 Å². The van der Waals surface area contributed by atoms with Crippen molar-refractivity contribution in [2.45, 2.75) is 61.7 Å². The topological polar surface area (TPSA) is 55.8 Å². The third kappa shape index (κ3) is 3.06. The highest BCUT2D eigenvalue weighted by molar-refractivity contribution is 5.90. The maximum Gasteiger partial charge on any atom is 0.174 e. The number of piperidine rings is 1. The normalized spacial score (nSPS) is 32.5. The van der Waals surface area contributed by atoms with Gasteiger partial charge in [-0.1, -0.05) is 36.4 Å². The summed E-state index contributed by atoms with van der Waals surface area (Å²) in [5.74, 6) is 0.838. The van der Waals surface area contributed by atoms with Gasteiger partial charge in [-0.25, -0.2) is 0 Å². The molecule has 1 N–H and O–H groups in total. The first-order valence-corrected chi connectivity index (χ1v) is 11.9. The van der Waals surface area contributed by atoms with E-state index in [4.69, 9.17) is 9.47 Å². The highest BCUT2D eigenvalue weighted by Crippen LogP contribution is 2.66. The number of carbonyl (C=O) groups is 1. The van der Waals surface area contributed by atoms with Crippen LogP contribution in [0.1, 0.15) is 42.4 Å². The van der Waals surface area contributed by atoms with Crippen LogP contribution < -0.4 is 28.7 Å². The lowest BCUT2D eigenvalue weighted by molar-refractivity contribution is -0.931. The second-order valence-electron chi connectivity index (χ2n) is 10.7. The standard InChI is InChI=1S/C27H31NO4.HI/c1-28(2)15-14-26-23-19-10-11-20(29)24(23)32-25(26)21(30)12-13-27(26,22(28)17-19)31-16-6-9-18-7-4-3-5-8-18;/h3-5,7-8,10-11,22,25H,6,9,12-17H2,1-2H3;1H/t22-,25+,26+,27-;/m1./s1. The van der Waals surface area contributed by atoms with Crippen LogP contribution in [0.3, 0.4) is 0 Å². The molecule has 33 heavy (non-hydrogen) atoms. The van der Waals surface area contributed by atoms with E-state index in [2.05, 4.69) is 38.4 Å². The molecule has 0 aromatic heterocycles. The second-order valence-corrected chi connectivity index (χ2v) is 10.7. The highest BCUT2D eigenvalue weighted by Gasteiger charge is 2.77. The Hall–Kier alpha value is -1.64. The average Bonchev–Trinajstić information content (AvgIpc) is 3.15. The second kappa shape index (κ2) is 7.95. The zero-order valence-electron chi connectivity index (χ0n) is 19.4. The van der Waals surface area contributed by atoms with Crippen LogP contribution in [0.2, 0.25) is 0 Å². The fourth-order valence-electron chi connectivity index (χ4n) is 7.39. The number of ether oxygens (including phenoxy) is 2. The summed E-state index contributed by atoms with van der Waals surface area (Å²) < 4.78 is 14.2. The summed E-state index contributed by atoms with van der Waals surface area (Å²) in [5, 5.41) is 10.6. The number of hydrogen-bond donors (Lipinski definition) is 1. The van der Waals surface area contributed by atoms with Crippen molar-refractivity contribution in [2.24, 2.45) is 0 Å². The van der Waals surface area contributed by atoms with Crippen LogP contribution in [0, 0.1) is 0 Å². The summed E-state index contributed by atoms with van der Waals surface area (Å²) in [6, 6.07) is 14.6. The minimum absolute atomic E-state index is 0. The summed E-state index contributed by atoms with van der Waals surface area (Å²) in [6.07, 6.45) is 4.32. The monoisotopic (exact) mass is 561 g/mol. The van der Waals surface area contributed by atoms with E-state index in [1.54, 1.807) is 6.07 Å². The van der Waals surface area contributed by atoms with E-state index in [0.717, 1.165) is 48.7 Å². The largest absolute Gasteiger partial charge is 1.00 e. The fraction of sp³-hybridized carbons (Fsp3) is 0.519. The maximum atomic E-state index is 13.2. The van der Waals surface area contributed by atoms with Gasteiger partial charge in [-0.15, -0.1) is 0 Å². The van der Waals surface area contributed by atoms with Crippen molar-refractivity contribution in [3.63, 3.8) is 0 Å². The summed E-state index contributed by atoms with van der Waals surface area (Å²) >= 11 is 0. The van der Waals surface area contributed by atoms with Crippen LogP contribution in [0.25, 0.3) is 0 Å². The van der Waals surface area contributed by atoms with Crippen LogP contribution in [0.15, 0.2) is 42.5 Å². The van der Waals surface area contributed by atoms with Crippen LogP contribution >= 0.6 is 0 Å². The number of phenolic OH excluding ortho intramolecular Hbond substituents is 1. The van der Waals surface area contributed by atoms with Crippen LogP contribution in [0.5, 0.6) is 11.5 Å². The Morgan fingerprint density at radius 1 is 1.15 bits per heavy atom. The molecule has 2 heterocycles. The van der Waals surface area contributed by atoms with Crippen LogP contribution in [-0.4, -0.2) is 60.4 Å². The number of carbonyl (C=O) groups excluding carboxylic acids is 1. The average molecular weight is 561 g/mol. The highest BCUT2D eigenvalue weighted by atomic mass is 127. The van der Waals surface area contributed by atoms with Gasteiger partial charge in [0, 0.05) is 31.4 Å². The van der Waals surface area contributed by atoms with E-state index < -0.39 is 17.1 Å². The molecule has 4 atom stereocenters. The number of Topliss-reactive ketones (excluding diaryl/α,β-unsaturated/α-hetero) is 1. The molecule has 176 valence electrons. The number of aromatic hydroxyl groups is 1. The van der Waals surface area contributed by atoms with Gasteiger partial charge in [0.1, 0.15) is 11.6 Å². The van der Waals surface area contributed by atoms with Gasteiger partial charge in [-0.3, -0.25) is 4.79 Å². The van der Waals surface area contributed by atoms with Crippen molar-refractivity contribution < 1.29 is 47.8 Å². The lowest BCUT2D eigenvalue weighted by atomic mass is 9.48. The molecular formula is C27H32INO4. The third-order valence-corrected chi connectivity index (χ3v) is 8.83. The Kier molecular flexibility index (Phi) is 5.57. The number of phenols is 1. The molecule has 2 aliphatic carbocycles. The number of ketones is 1. The first-order valence-electron chi connectivity index (χ1n) is 11.9. The lowest BCUT2D eigenvalue weighted by Gasteiger charge is -2.65. The van der Waals surface area contributed by atoms with Crippen LogP contribution in [0.4, 0.5) is 0 Å². The first-order chi connectivity index (χ1) is 15.4. The van der Waals surface area contributed by atoms with E-state index >= 15 is 0 Å². The summed E-state index contributed by atoms with van der Waals surface area (Å²) in [7, 11) is 4.61. The molecule has 2 fully saturated rings. The van der Waals surface area contributed by atoms with Crippen molar-refractivity contribution in [3.8, 4) is 11.5 Å². The van der Waals surface area contributed by atoms with Gasteiger partial charge in [0.2, 0.25) is 0 Å². The molecule has 5 nitrogen and oxygen atoms in total. The van der Waals surface area contributed by atoms with Gasteiger partial charge in [0.15, 0.2) is 23.4 Å². The molecule has 2 bridgehead atoms. The number of nitrogens with zero attached hydrogens (tertiary/aromatic N) is 1. The zero-order valence-corrected chi connectivity index (χ0v) is 21.5. The summed E-state index contributed by atoms with van der Waals surface area (Å²) in [4.78, 5) is 13.2. The molecule has 0 radical (unpaired) electrons. The molecule has 1 spiro atoms. The van der Waals surface area contributed by atoms with Crippen molar-refractivity contribution in [1.82, 2.24) is 0 Å². The number of likely N-dealkylation sites (N-methyl/N-ethyl adjacent to an activating group) is 1. The number of aryl methyl sites for hydroxylation is 1.